The summed E-state index contributed by atoms with van der Waals surface area (Å²) in [6.45, 7) is 6.57. The first-order valence-electron chi connectivity index (χ1n) is 6.55. The van der Waals surface area contributed by atoms with Gasteiger partial charge >= 0.3 is 7.60 Å². The van der Waals surface area contributed by atoms with Crippen molar-refractivity contribution >= 4 is 13.3 Å². The second-order valence-electron chi connectivity index (χ2n) is 5.04. The Morgan fingerprint density at radius 3 is 2.05 bits per heavy atom. The Bertz CT molecular complexity index is 531. The molecule has 0 aliphatic carbocycles. The molecule has 0 heterocycles. The third-order valence-corrected chi connectivity index (χ3v) is 4.73. The number of aliphatic hydroxyl groups excluding tert-OH is 1. The molecule has 0 fully saturated rings. The van der Waals surface area contributed by atoms with Gasteiger partial charge in [-0.1, -0.05) is 12.1 Å². The van der Waals surface area contributed by atoms with Gasteiger partial charge in [0, 0.05) is 6.07 Å². The topological polar surface area (TPSA) is 98.9 Å². The van der Waals surface area contributed by atoms with Gasteiger partial charge in [-0.05, 0) is 33.8 Å². The number of para-hydroxylation sites is 1. The molecule has 118 valence electrons. The normalized spacial score (nSPS) is 13.7. The van der Waals surface area contributed by atoms with E-state index in [0.29, 0.717) is 0 Å². The minimum absolute atomic E-state index is 0.0906. The molecule has 1 aromatic carbocycles. The van der Waals surface area contributed by atoms with E-state index >= 15 is 0 Å². The molecule has 0 amide bonds. The first-order chi connectivity index (χ1) is 9.67. The van der Waals surface area contributed by atoms with Gasteiger partial charge in [0.05, 0.1) is 22.7 Å². The van der Waals surface area contributed by atoms with Crippen LogP contribution in [0.1, 0.15) is 39.1 Å². The largest absolute Gasteiger partial charge is 0.376 e. The van der Waals surface area contributed by atoms with Crippen LogP contribution in [0.2, 0.25) is 0 Å². The maximum atomic E-state index is 12.8. The number of benzene rings is 1. The molecule has 0 aliphatic heterocycles. The summed E-state index contributed by atoms with van der Waals surface area (Å²) < 4.78 is 23.3. The molecule has 0 spiro atoms. The van der Waals surface area contributed by atoms with Crippen LogP contribution >= 0.6 is 7.60 Å². The standard InChI is InChI=1S/C13H20NO6P/c1-9(2)19-21(18,20-10(3)4)13(15)11-7-5-6-8-12(11)14(16)17/h5-10,13,15H,1-4H3/t13-/m0/s1. The van der Waals surface area contributed by atoms with Gasteiger partial charge in [0.2, 0.25) is 0 Å². The zero-order chi connectivity index (χ0) is 16.2. The van der Waals surface area contributed by atoms with Gasteiger partial charge in [0.1, 0.15) is 0 Å². The Morgan fingerprint density at radius 1 is 1.14 bits per heavy atom. The van der Waals surface area contributed by atoms with Gasteiger partial charge in [-0.15, -0.1) is 0 Å². The van der Waals surface area contributed by atoms with Crippen molar-refractivity contribution in [2.45, 2.75) is 45.7 Å². The monoisotopic (exact) mass is 317 g/mol. The summed E-state index contributed by atoms with van der Waals surface area (Å²) >= 11 is 0. The van der Waals surface area contributed by atoms with Gasteiger partial charge in [-0.25, -0.2) is 0 Å². The average Bonchev–Trinajstić information content (AvgIpc) is 2.35. The van der Waals surface area contributed by atoms with Crippen molar-refractivity contribution in [1.82, 2.24) is 0 Å². The Morgan fingerprint density at radius 2 is 1.62 bits per heavy atom. The number of nitro benzene ring substituents is 1. The van der Waals surface area contributed by atoms with Crippen LogP contribution in [0, 0.1) is 10.1 Å². The molecular weight excluding hydrogens is 297 g/mol. The van der Waals surface area contributed by atoms with Crippen LogP contribution in [0.25, 0.3) is 0 Å². The molecule has 0 bridgehead atoms. The van der Waals surface area contributed by atoms with Crippen molar-refractivity contribution in [3.05, 3.63) is 39.9 Å². The fraction of sp³-hybridized carbons (Fsp3) is 0.538. The number of rotatable bonds is 7. The molecule has 0 saturated carbocycles. The quantitative estimate of drug-likeness (QED) is 0.468. The molecule has 7 nitrogen and oxygen atoms in total. The van der Waals surface area contributed by atoms with E-state index in [1.165, 1.54) is 24.3 Å². The second kappa shape index (κ2) is 7.13. The number of nitro groups is 1. The first-order valence-corrected chi connectivity index (χ1v) is 8.16. The Hall–Kier alpha value is -1.27. The van der Waals surface area contributed by atoms with E-state index in [0.717, 1.165) is 0 Å². The maximum absolute atomic E-state index is 12.8. The van der Waals surface area contributed by atoms with Crippen LogP contribution in [0.5, 0.6) is 0 Å². The molecule has 0 aliphatic rings. The fourth-order valence-corrected chi connectivity index (χ4v) is 3.79. The van der Waals surface area contributed by atoms with Gasteiger partial charge < -0.3 is 14.2 Å². The van der Waals surface area contributed by atoms with E-state index < -0.39 is 30.6 Å². The maximum Gasteiger partial charge on any atom is 0.364 e. The summed E-state index contributed by atoms with van der Waals surface area (Å²) in [6, 6.07) is 5.54. The molecule has 1 aromatic rings. The van der Waals surface area contributed by atoms with E-state index in [1.807, 2.05) is 0 Å². The molecule has 1 rings (SSSR count). The molecular formula is C13H20NO6P. The predicted octanol–water partition coefficient (Wildman–Crippen LogP) is 3.63. The van der Waals surface area contributed by atoms with Gasteiger partial charge in [-0.3, -0.25) is 14.7 Å². The molecule has 0 radical (unpaired) electrons. The lowest BCUT2D eigenvalue weighted by atomic mass is 10.2. The number of nitrogens with zero attached hydrogens (tertiary/aromatic N) is 1. The van der Waals surface area contributed by atoms with Crippen LogP contribution in [-0.2, 0) is 13.6 Å². The van der Waals surface area contributed by atoms with Gasteiger partial charge in [0.25, 0.3) is 5.69 Å². The average molecular weight is 317 g/mol. The highest BCUT2D eigenvalue weighted by molar-refractivity contribution is 7.54. The zero-order valence-electron chi connectivity index (χ0n) is 12.4. The Balaban J connectivity index is 3.26. The van der Waals surface area contributed by atoms with Crippen molar-refractivity contribution in [3.63, 3.8) is 0 Å². The third-order valence-electron chi connectivity index (χ3n) is 2.43. The lowest BCUT2D eigenvalue weighted by molar-refractivity contribution is -0.386. The third kappa shape index (κ3) is 4.61. The summed E-state index contributed by atoms with van der Waals surface area (Å²) in [6.07, 6.45) is -0.931. The van der Waals surface area contributed by atoms with Crippen LogP contribution in [0.4, 0.5) is 5.69 Å². The molecule has 0 aromatic heterocycles. The second-order valence-corrected chi connectivity index (χ2v) is 7.03. The predicted molar refractivity (Wildman–Crippen MR) is 78.1 cm³/mol. The molecule has 1 atom stereocenters. The van der Waals surface area contributed by atoms with Crippen molar-refractivity contribution in [2.24, 2.45) is 0 Å². The van der Waals surface area contributed by atoms with Crippen LogP contribution < -0.4 is 0 Å². The molecule has 21 heavy (non-hydrogen) atoms. The molecule has 1 N–H and O–H groups in total. The highest BCUT2D eigenvalue weighted by Crippen LogP contribution is 2.62. The number of hydrogen-bond acceptors (Lipinski definition) is 6. The van der Waals surface area contributed by atoms with Crippen LogP contribution in [0.15, 0.2) is 24.3 Å². The summed E-state index contributed by atoms with van der Waals surface area (Å²) in [7, 11) is -3.96. The minimum atomic E-state index is -3.96. The first kappa shape index (κ1) is 17.8. The smallest absolute Gasteiger partial charge is 0.364 e. The molecule has 8 heteroatoms. The summed E-state index contributed by atoms with van der Waals surface area (Å²) in [5.74, 6) is -1.72. The highest BCUT2D eigenvalue weighted by Gasteiger charge is 2.41. The summed E-state index contributed by atoms with van der Waals surface area (Å²) in [5.41, 5.74) is -0.419. The lowest BCUT2D eigenvalue weighted by Crippen LogP contribution is -2.14. The van der Waals surface area contributed by atoms with Crippen LogP contribution in [0.3, 0.4) is 0 Å². The fourth-order valence-electron chi connectivity index (χ4n) is 1.77. The number of aliphatic hydroxyl groups is 1. The summed E-state index contributed by atoms with van der Waals surface area (Å²) in [4.78, 5) is 10.4. The SMILES string of the molecule is CC(C)OP(=O)(OC(C)C)[C@H](O)c1ccccc1[N+](=O)[O-]. The Labute approximate surface area is 123 Å². The number of hydrogen-bond donors (Lipinski definition) is 1. The highest BCUT2D eigenvalue weighted by atomic mass is 31.2. The van der Waals surface area contributed by atoms with E-state index in [1.54, 1.807) is 27.7 Å². The van der Waals surface area contributed by atoms with E-state index in [-0.39, 0.29) is 11.3 Å². The van der Waals surface area contributed by atoms with E-state index in [4.69, 9.17) is 9.05 Å². The van der Waals surface area contributed by atoms with E-state index in [2.05, 4.69) is 0 Å². The van der Waals surface area contributed by atoms with Crippen molar-refractivity contribution in [3.8, 4) is 0 Å². The summed E-state index contributed by atoms with van der Waals surface area (Å²) in [5, 5.41) is 21.4. The Kier molecular flexibility index (Phi) is 6.04. The minimum Gasteiger partial charge on any atom is -0.376 e. The van der Waals surface area contributed by atoms with Gasteiger partial charge in [0.15, 0.2) is 5.85 Å². The molecule has 0 saturated heterocycles. The van der Waals surface area contributed by atoms with Crippen molar-refractivity contribution < 1.29 is 23.6 Å². The van der Waals surface area contributed by atoms with Crippen LogP contribution in [-0.4, -0.2) is 22.2 Å². The van der Waals surface area contributed by atoms with Gasteiger partial charge in [-0.2, -0.15) is 0 Å². The lowest BCUT2D eigenvalue weighted by Gasteiger charge is -2.26. The van der Waals surface area contributed by atoms with Crippen molar-refractivity contribution in [2.75, 3.05) is 0 Å². The van der Waals surface area contributed by atoms with Crippen molar-refractivity contribution in [1.29, 1.82) is 0 Å². The molecule has 0 unspecified atom stereocenters. The van der Waals surface area contributed by atoms with E-state index in [9.17, 15) is 19.8 Å². The zero-order valence-corrected chi connectivity index (χ0v) is 13.3.